The maximum atomic E-state index is 14.1. The molecular weight excluding hydrogens is 360 g/mol. The Kier molecular flexibility index (Phi) is 7.48. The zero-order valence-corrected chi connectivity index (χ0v) is 17.1. The SMILES string of the molecule is CCCN1CCC(CN=C(NCC)NC2CCN(c3ccc(F)cc3F)C2)C1. The molecule has 0 aliphatic carbocycles. The molecule has 1 aromatic carbocycles. The number of halogens is 2. The second-order valence-corrected chi connectivity index (χ2v) is 7.85. The summed E-state index contributed by atoms with van der Waals surface area (Å²) in [6.45, 7) is 10.8. The Hall–Kier alpha value is -1.89. The smallest absolute Gasteiger partial charge is 0.191 e. The van der Waals surface area contributed by atoms with E-state index in [1.807, 2.05) is 4.90 Å². The fraction of sp³-hybridized carbons (Fsp3) is 0.667. The number of nitrogens with zero attached hydrogens (tertiary/aromatic N) is 3. The van der Waals surface area contributed by atoms with Crippen molar-refractivity contribution in [1.82, 2.24) is 15.5 Å². The van der Waals surface area contributed by atoms with Crippen molar-refractivity contribution >= 4 is 11.6 Å². The highest BCUT2D eigenvalue weighted by atomic mass is 19.1. The van der Waals surface area contributed by atoms with Gasteiger partial charge in [-0.05, 0) is 57.3 Å². The number of hydrogen-bond acceptors (Lipinski definition) is 3. The Balaban J connectivity index is 1.53. The van der Waals surface area contributed by atoms with E-state index >= 15 is 0 Å². The average molecular weight is 394 g/mol. The fourth-order valence-electron chi connectivity index (χ4n) is 4.15. The molecule has 0 bridgehead atoms. The lowest BCUT2D eigenvalue weighted by Gasteiger charge is -2.21. The van der Waals surface area contributed by atoms with Gasteiger partial charge in [-0.3, -0.25) is 4.99 Å². The van der Waals surface area contributed by atoms with Gasteiger partial charge in [0.1, 0.15) is 11.6 Å². The molecule has 0 saturated carbocycles. The molecule has 2 unspecified atom stereocenters. The standard InChI is InChI=1S/C21H33F2N5/c1-3-9-27-10-7-16(14-27)13-25-21(24-4-2)26-18-8-11-28(15-18)20-6-5-17(22)12-19(20)23/h5-6,12,16,18H,3-4,7-11,13-15H2,1-2H3,(H2,24,25,26). The molecule has 2 atom stereocenters. The largest absolute Gasteiger partial charge is 0.367 e. The molecule has 2 aliphatic heterocycles. The van der Waals surface area contributed by atoms with Crippen LogP contribution in [0.3, 0.4) is 0 Å². The summed E-state index contributed by atoms with van der Waals surface area (Å²) in [6, 6.07) is 3.98. The molecule has 2 fully saturated rings. The van der Waals surface area contributed by atoms with Gasteiger partial charge in [-0.15, -0.1) is 0 Å². The summed E-state index contributed by atoms with van der Waals surface area (Å²) in [5.74, 6) is 0.415. The van der Waals surface area contributed by atoms with Gasteiger partial charge in [-0.1, -0.05) is 6.92 Å². The van der Waals surface area contributed by atoms with Gasteiger partial charge < -0.3 is 20.4 Å². The van der Waals surface area contributed by atoms with Crippen molar-refractivity contribution in [1.29, 1.82) is 0 Å². The molecule has 0 aromatic heterocycles. The van der Waals surface area contributed by atoms with Crippen LogP contribution in [0.1, 0.15) is 33.1 Å². The first-order chi connectivity index (χ1) is 13.6. The van der Waals surface area contributed by atoms with Crippen molar-refractivity contribution in [3.05, 3.63) is 29.8 Å². The third kappa shape index (κ3) is 5.56. The van der Waals surface area contributed by atoms with E-state index in [1.165, 1.54) is 38.1 Å². The highest BCUT2D eigenvalue weighted by Crippen LogP contribution is 2.24. The van der Waals surface area contributed by atoms with Crippen LogP contribution in [0, 0.1) is 17.6 Å². The first kappa shape index (κ1) is 20.8. The Labute approximate surface area is 167 Å². The van der Waals surface area contributed by atoms with E-state index in [9.17, 15) is 8.78 Å². The maximum Gasteiger partial charge on any atom is 0.191 e. The van der Waals surface area contributed by atoms with Gasteiger partial charge in [-0.25, -0.2) is 8.78 Å². The zero-order valence-electron chi connectivity index (χ0n) is 17.1. The van der Waals surface area contributed by atoms with Crippen molar-refractivity contribution in [2.45, 2.75) is 39.2 Å². The normalized spacial score (nSPS) is 23.4. The van der Waals surface area contributed by atoms with Gasteiger partial charge >= 0.3 is 0 Å². The molecule has 2 aliphatic rings. The Morgan fingerprint density at radius 3 is 2.79 bits per heavy atom. The monoisotopic (exact) mass is 393 g/mol. The van der Waals surface area contributed by atoms with Gasteiger partial charge in [0.05, 0.1) is 5.69 Å². The van der Waals surface area contributed by atoms with E-state index in [0.29, 0.717) is 18.2 Å². The Morgan fingerprint density at radius 2 is 2.04 bits per heavy atom. The summed E-state index contributed by atoms with van der Waals surface area (Å²) in [5.41, 5.74) is 0.467. The van der Waals surface area contributed by atoms with E-state index in [-0.39, 0.29) is 6.04 Å². The van der Waals surface area contributed by atoms with Crippen LogP contribution >= 0.6 is 0 Å². The summed E-state index contributed by atoms with van der Waals surface area (Å²) in [6.07, 6.45) is 3.31. The lowest BCUT2D eigenvalue weighted by Crippen LogP contribution is -2.45. The van der Waals surface area contributed by atoms with E-state index in [4.69, 9.17) is 4.99 Å². The minimum Gasteiger partial charge on any atom is -0.367 e. The number of anilines is 1. The molecule has 7 heteroatoms. The first-order valence-electron chi connectivity index (χ1n) is 10.6. The third-order valence-corrected chi connectivity index (χ3v) is 5.54. The van der Waals surface area contributed by atoms with Crippen molar-refractivity contribution in [2.75, 3.05) is 50.7 Å². The van der Waals surface area contributed by atoms with Crippen LogP contribution in [0.25, 0.3) is 0 Å². The minimum atomic E-state index is -0.541. The minimum absolute atomic E-state index is 0.197. The number of hydrogen-bond donors (Lipinski definition) is 2. The van der Waals surface area contributed by atoms with Crippen LogP contribution in [-0.4, -0.2) is 62.7 Å². The summed E-state index contributed by atoms with van der Waals surface area (Å²) in [4.78, 5) is 9.29. The number of aliphatic imine (C=N–C) groups is 1. The quantitative estimate of drug-likeness (QED) is 0.552. The molecule has 0 spiro atoms. The summed E-state index contributed by atoms with van der Waals surface area (Å²) in [5, 5.41) is 6.82. The van der Waals surface area contributed by atoms with Crippen LogP contribution in [0.2, 0.25) is 0 Å². The molecule has 2 saturated heterocycles. The first-order valence-corrected chi connectivity index (χ1v) is 10.6. The molecule has 1 aromatic rings. The second kappa shape index (κ2) is 10.0. The molecule has 156 valence electrons. The summed E-state index contributed by atoms with van der Waals surface area (Å²) >= 11 is 0. The number of rotatable bonds is 7. The maximum absolute atomic E-state index is 14.1. The number of likely N-dealkylation sites (tertiary alicyclic amines) is 1. The van der Waals surface area contributed by atoms with Gasteiger partial charge in [-0.2, -0.15) is 0 Å². The third-order valence-electron chi connectivity index (χ3n) is 5.54. The van der Waals surface area contributed by atoms with Gasteiger partial charge in [0.2, 0.25) is 0 Å². The Bertz CT molecular complexity index is 666. The van der Waals surface area contributed by atoms with E-state index in [2.05, 4.69) is 29.4 Å². The highest BCUT2D eigenvalue weighted by Gasteiger charge is 2.26. The Morgan fingerprint density at radius 1 is 1.18 bits per heavy atom. The van der Waals surface area contributed by atoms with Crippen LogP contribution in [0.5, 0.6) is 0 Å². The molecule has 0 amide bonds. The topological polar surface area (TPSA) is 42.9 Å². The van der Waals surface area contributed by atoms with Crippen molar-refractivity contribution in [2.24, 2.45) is 10.9 Å². The zero-order chi connectivity index (χ0) is 19.9. The molecule has 28 heavy (non-hydrogen) atoms. The fourth-order valence-corrected chi connectivity index (χ4v) is 4.15. The van der Waals surface area contributed by atoms with Crippen molar-refractivity contribution < 1.29 is 8.78 Å². The van der Waals surface area contributed by atoms with Crippen LogP contribution in [-0.2, 0) is 0 Å². The molecule has 5 nitrogen and oxygen atoms in total. The molecule has 2 heterocycles. The lowest BCUT2D eigenvalue weighted by atomic mass is 10.1. The van der Waals surface area contributed by atoms with E-state index in [1.54, 1.807) is 0 Å². The van der Waals surface area contributed by atoms with E-state index < -0.39 is 11.6 Å². The molecule has 2 N–H and O–H groups in total. The van der Waals surface area contributed by atoms with Crippen molar-refractivity contribution in [3.63, 3.8) is 0 Å². The lowest BCUT2D eigenvalue weighted by molar-refractivity contribution is 0.326. The van der Waals surface area contributed by atoms with Gasteiger partial charge in [0.15, 0.2) is 5.96 Å². The molecule has 0 radical (unpaired) electrons. The molecule has 3 rings (SSSR count). The number of nitrogens with one attached hydrogen (secondary N) is 2. The number of guanidine groups is 1. The van der Waals surface area contributed by atoms with Crippen LogP contribution in [0.4, 0.5) is 14.5 Å². The predicted octanol–water partition coefficient (Wildman–Crippen LogP) is 2.83. The average Bonchev–Trinajstić information content (AvgIpc) is 3.30. The summed E-state index contributed by atoms with van der Waals surface area (Å²) < 4.78 is 27.2. The van der Waals surface area contributed by atoms with E-state index in [0.717, 1.165) is 44.6 Å². The predicted molar refractivity (Wildman–Crippen MR) is 111 cm³/mol. The van der Waals surface area contributed by atoms with Crippen molar-refractivity contribution in [3.8, 4) is 0 Å². The van der Waals surface area contributed by atoms with Gasteiger partial charge in [0.25, 0.3) is 0 Å². The van der Waals surface area contributed by atoms with Crippen LogP contribution in [0.15, 0.2) is 23.2 Å². The summed E-state index contributed by atoms with van der Waals surface area (Å²) in [7, 11) is 0. The highest BCUT2D eigenvalue weighted by molar-refractivity contribution is 5.80. The molecular formula is C21H33F2N5. The second-order valence-electron chi connectivity index (χ2n) is 7.85. The van der Waals surface area contributed by atoms with Gasteiger partial charge in [0, 0.05) is 44.8 Å². The number of benzene rings is 1. The van der Waals surface area contributed by atoms with Crippen LogP contribution < -0.4 is 15.5 Å².